The van der Waals surface area contributed by atoms with Crippen molar-refractivity contribution >= 4 is 29.6 Å². The summed E-state index contributed by atoms with van der Waals surface area (Å²) in [5.41, 5.74) is 8.27. The molecule has 2 rings (SSSR count). The second-order valence-electron chi connectivity index (χ2n) is 4.00. The summed E-state index contributed by atoms with van der Waals surface area (Å²) in [6, 6.07) is 14.5. The predicted octanol–water partition coefficient (Wildman–Crippen LogP) is 1.49. The van der Waals surface area contributed by atoms with Crippen LogP contribution in [0.25, 0.3) is 0 Å². The Morgan fingerprint density at radius 3 is 2.44 bits per heavy atom. The molecule has 2 N–H and O–H groups in total. The molecule has 2 aromatic carbocycles. The molecule has 0 heterocycles. The standard InChI is InChI=1S/C15H17NOSe/c1-3-11-4-9-14(16)15(10-11)18-13-7-5-12(17-2)6-8-13/h4-10H,3,16H2,1-2H3. The molecule has 0 unspecified atom stereocenters. The average Bonchev–Trinajstić information content (AvgIpc) is 2.42. The van der Waals surface area contributed by atoms with Crippen molar-refractivity contribution in [2.75, 3.05) is 12.8 Å². The SMILES string of the molecule is CCc1ccc(N)c([Se]c2ccc(OC)cc2)c1. The number of hydrogen-bond donors (Lipinski definition) is 1. The molecule has 0 saturated heterocycles. The number of ether oxygens (including phenoxy) is 1. The van der Waals surface area contributed by atoms with Gasteiger partial charge in [-0.2, -0.15) is 0 Å². The number of rotatable bonds is 4. The molecular weight excluding hydrogens is 289 g/mol. The Hall–Kier alpha value is -1.44. The van der Waals surface area contributed by atoms with Crippen molar-refractivity contribution in [2.24, 2.45) is 0 Å². The Kier molecular flexibility index (Phi) is 4.29. The molecule has 2 nitrogen and oxygen atoms in total. The molecule has 0 aliphatic rings. The van der Waals surface area contributed by atoms with Crippen LogP contribution >= 0.6 is 0 Å². The molecule has 3 heteroatoms. The van der Waals surface area contributed by atoms with Gasteiger partial charge in [-0.3, -0.25) is 0 Å². The Morgan fingerprint density at radius 1 is 1.11 bits per heavy atom. The van der Waals surface area contributed by atoms with Gasteiger partial charge in [0, 0.05) is 0 Å². The molecule has 0 bridgehead atoms. The van der Waals surface area contributed by atoms with E-state index in [-0.39, 0.29) is 15.0 Å². The normalized spacial score (nSPS) is 10.3. The second-order valence-corrected chi connectivity index (χ2v) is 6.34. The van der Waals surface area contributed by atoms with Gasteiger partial charge in [0.25, 0.3) is 0 Å². The van der Waals surface area contributed by atoms with E-state index in [2.05, 4.69) is 31.2 Å². The van der Waals surface area contributed by atoms with E-state index in [0.717, 1.165) is 17.9 Å². The summed E-state index contributed by atoms with van der Waals surface area (Å²) in [6.07, 6.45) is 1.05. The van der Waals surface area contributed by atoms with Gasteiger partial charge in [-0.05, 0) is 0 Å². The van der Waals surface area contributed by atoms with Crippen LogP contribution in [0.1, 0.15) is 12.5 Å². The van der Waals surface area contributed by atoms with Crippen molar-refractivity contribution in [1.82, 2.24) is 0 Å². The molecule has 0 aromatic heterocycles. The average molecular weight is 306 g/mol. The molecule has 0 amide bonds. The van der Waals surface area contributed by atoms with E-state index in [4.69, 9.17) is 10.5 Å². The molecule has 0 fully saturated rings. The van der Waals surface area contributed by atoms with Crippen LogP contribution in [0.2, 0.25) is 0 Å². The monoisotopic (exact) mass is 307 g/mol. The minimum absolute atomic E-state index is 0.252. The summed E-state index contributed by atoms with van der Waals surface area (Å²) in [5.74, 6) is 0.893. The number of nitrogen functional groups attached to an aromatic ring is 1. The van der Waals surface area contributed by atoms with Crippen molar-refractivity contribution < 1.29 is 4.74 Å². The number of nitrogens with two attached hydrogens (primary N) is 1. The van der Waals surface area contributed by atoms with Gasteiger partial charge >= 0.3 is 114 Å². The quantitative estimate of drug-likeness (QED) is 0.686. The van der Waals surface area contributed by atoms with Gasteiger partial charge in [0.1, 0.15) is 0 Å². The van der Waals surface area contributed by atoms with Gasteiger partial charge in [-0.1, -0.05) is 0 Å². The molecule has 0 aliphatic carbocycles. The number of methoxy groups -OCH3 is 1. The van der Waals surface area contributed by atoms with Gasteiger partial charge in [-0.15, -0.1) is 0 Å². The van der Waals surface area contributed by atoms with Crippen molar-refractivity contribution in [3.05, 3.63) is 48.0 Å². The maximum absolute atomic E-state index is 6.04. The van der Waals surface area contributed by atoms with Gasteiger partial charge in [0.05, 0.1) is 0 Å². The number of benzene rings is 2. The zero-order valence-corrected chi connectivity index (χ0v) is 12.4. The second kappa shape index (κ2) is 5.94. The zero-order valence-electron chi connectivity index (χ0n) is 10.6. The fourth-order valence-corrected chi connectivity index (χ4v) is 3.59. The summed E-state index contributed by atoms with van der Waals surface area (Å²) in [6.45, 7) is 2.16. The number of anilines is 1. The molecule has 0 aliphatic heterocycles. The zero-order chi connectivity index (χ0) is 13.0. The topological polar surface area (TPSA) is 35.2 Å². The third-order valence-electron chi connectivity index (χ3n) is 2.77. The van der Waals surface area contributed by atoms with E-state index < -0.39 is 0 Å². The van der Waals surface area contributed by atoms with Crippen LogP contribution in [0.15, 0.2) is 42.5 Å². The van der Waals surface area contributed by atoms with E-state index in [1.54, 1.807) is 7.11 Å². The Bertz CT molecular complexity index is 523. The van der Waals surface area contributed by atoms with E-state index in [1.807, 2.05) is 18.2 Å². The van der Waals surface area contributed by atoms with Crippen LogP contribution in [0.3, 0.4) is 0 Å². The molecule has 0 saturated carbocycles. The fourth-order valence-electron chi connectivity index (χ4n) is 1.66. The van der Waals surface area contributed by atoms with E-state index in [9.17, 15) is 0 Å². The van der Waals surface area contributed by atoms with Crippen LogP contribution in [-0.4, -0.2) is 22.1 Å². The van der Waals surface area contributed by atoms with E-state index >= 15 is 0 Å². The van der Waals surface area contributed by atoms with Crippen LogP contribution in [0, 0.1) is 0 Å². The first-order valence-corrected chi connectivity index (χ1v) is 7.64. The molecular formula is C15H17NOSe. The third-order valence-corrected chi connectivity index (χ3v) is 5.04. The van der Waals surface area contributed by atoms with Gasteiger partial charge < -0.3 is 0 Å². The van der Waals surface area contributed by atoms with E-state index in [0.29, 0.717) is 0 Å². The van der Waals surface area contributed by atoms with Crippen LogP contribution in [0.5, 0.6) is 5.75 Å². The van der Waals surface area contributed by atoms with E-state index in [1.165, 1.54) is 14.5 Å². The van der Waals surface area contributed by atoms with Crippen LogP contribution in [0.4, 0.5) is 5.69 Å². The molecule has 18 heavy (non-hydrogen) atoms. The fraction of sp³-hybridized carbons (Fsp3) is 0.200. The molecule has 0 radical (unpaired) electrons. The molecule has 0 spiro atoms. The molecule has 2 aromatic rings. The summed E-state index contributed by atoms with van der Waals surface area (Å²) in [7, 11) is 1.68. The molecule has 94 valence electrons. The summed E-state index contributed by atoms with van der Waals surface area (Å²) in [4.78, 5) is 0. The summed E-state index contributed by atoms with van der Waals surface area (Å²) < 4.78 is 7.73. The first-order chi connectivity index (χ1) is 8.72. The van der Waals surface area contributed by atoms with Crippen molar-refractivity contribution in [3.8, 4) is 5.75 Å². The summed E-state index contributed by atoms with van der Waals surface area (Å²) in [5, 5.41) is 0. The first kappa shape index (κ1) is 13.0. The van der Waals surface area contributed by atoms with Crippen LogP contribution in [-0.2, 0) is 6.42 Å². The number of hydrogen-bond acceptors (Lipinski definition) is 2. The molecule has 0 atom stereocenters. The Labute approximate surface area is 114 Å². The van der Waals surface area contributed by atoms with Gasteiger partial charge in [-0.25, -0.2) is 0 Å². The van der Waals surface area contributed by atoms with Crippen molar-refractivity contribution in [1.29, 1.82) is 0 Å². The van der Waals surface area contributed by atoms with Crippen molar-refractivity contribution in [3.63, 3.8) is 0 Å². The third kappa shape index (κ3) is 3.06. The predicted molar refractivity (Wildman–Crippen MR) is 78.2 cm³/mol. The van der Waals surface area contributed by atoms with Gasteiger partial charge in [0.15, 0.2) is 0 Å². The van der Waals surface area contributed by atoms with Crippen molar-refractivity contribution in [2.45, 2.75) is 13.3 Å². The maximum atomic E-state index is 6.04. The summed E-state index contributed by atoms with van der Waals surface area (Å²) >= 11 is 0.252. The minimum atomic E-state index is 0.252. The first-order valence-electron chi connectivity index (χ1n) is 5.93. The van der Waals surface area contributed by atoms with Gasteiger partial charge in [0.2, 0.25) is 0 Å². The Balaban J connectivity index is 2.21. The van der Waals surface area contributed by atoms with Crippen LogP contribution < -0.4 is 19.4 Å². The number of aryl methyl sites for hydroxylation is 1. The Morgan fingerprint density at radius 2 is 1.83 bits per heavy atom.